The van der Waals surface area contributed by atoms with Crippen LogP contribution in [0.5, 0.6) is 0 Å². The van der Waals surface area contributed by atoms with Crippen LogP contribution in [-0.2, 0) is 9.59 Å². The van der Waals surface area contributed by atoms with E-state index < -0.39 is 6.04 Å². The molecule has 0 spiro atoms. The first-order valence-corrected chi connectivity index (χ1v) is 7.65. The van der Waals surface area contributed by atoms with Crippen LogP contribution >= 0.6 is 11.6 Å². The summed E-state index contributed by atoms with van der Waals surface area (Å²) in [6, 6.07) is 6.52. The van der Waals surface area contributed by atoms with Gasteiger partial charge < -0.3 is 16.0 Å². The highest BCUT2D eigenvalue weighted by atomic mass is 35.5. The van der Waals surface area contributed by atoms with Crippen LogP contribution in [0.25, 0.3) is 0 Å². The Labute approximate surface area is 135 Å². The number of piperazine rings is 1. The van der Waals surface area contributed by atoms with E-state index in [9.17, 15) is 9.59 Å². The zero-order valence-electron chi connectivity index (χ0n) is 12.6. The maximum atomic E-state index is 12.0. The van der Waals surface area contributed by atoms with Crippen molar-refractivity contribution in [1.29, 1.82) is 0 Å². The Balaban J connectivity index is 1.77. The molecule has 1 fully saturated rings. The van der Waals surface area contributed by atoms with Gasteiger partial charge in [0.25, 0.3) is 0 Å². The topological polar surface area (TPSA) is 78.7 Å². The minimum absolute atomic E-state index is 0.0368. The second-order valence-corrected chi connectivity index (χ2v) is 5.88. The van der Waals surface area contributed by atoms with Gasteiger partial charge >= 0.3 is 0 Å². The second-order valence-electron chi connectivity index (χ2n) is 5.45. The molecule has 1 atom stereocenters. The Morgan fingerprint density at radius 3 is 2.36 bits per heavy atom. The zero-order chi connectivity index (χ0) is 16.1. The molecule has 0 bridgehead atoms. The molecule has 1 saturated heterocycles. The van der Waals surface area contributed by atoms with Gasteiger partial charge in [-0.2, -0.15) is 0 Å². The summed E-state index contributed by atoms with van der Waals surface area (Å²) in [6.45, 7) is 4.55. The minimum atomic E-state index is -0.472. The van der Waals surface area contributed by atoms with Crippen molar-refractivity contribution in [3.05, 3.63) is 29.3 Å². The number of amides is 2. The predicted octanol–water partition coefficient (Wildman–Crippen LogP) is 0.770. The highest BCUT2D eigenvalue weighted by Gasteiger charge is 2.23. The average Bonchev–Trinajstić information content (AvgIpc) is 2.49. The van der Waals surface area contributed by atoms with Gasteiger partial charge in [-0.05, 0) is 31.2 Å². The van der Waals surface area contributed by atoms with Crippen molar-refractivity contribution in [2.75, 3.05) is 38.0 Å². The van der Waals surface area contributed by atoms with Crippen LogP contribution in [0.1, 0.15) is 6.92 Å². The third-order valence-electron chi connectivity index (χ3n) is 3.57. The summed E-state index contributed by atoms with van der Waals surface area (Å²) in [6.07, 6.45) is 0. The fourth-order valence-electron chi connectivity index (χ4n) is 2.35. The van der Waals surface area contributed by atoms with Crippen molar-refractivity contribution >= 4 is 29.1 Å². The molecular formula is C15H21ClN4O2. The van der Waals surface area contributed by atoms with E-state index >= 15 is 0 Å². The fourth-order valence-corrected chi connectivity index (χ4v) is 2.48. The lowest BCUT2D eigenvalue weighted by Gasteiger charge is -2.35. The molecule has 2 rings (SSSR count). The van der Waals surface area contributed by atoms with Gasteiger partial charge in [0.05, 0.1) is 12.6 Å². The zero-order valence-corrected chi connectivity index (χ0v) is 13.3. The monoisotopic (exact) mass is 324 g/mol. The molecule has 0 radical (unpaired) electrons. The first kappa shape index (κ1) is 16.7. The maximum Gasteiger partial charge on any atom is 0.239 e. The minimum Gasteiger partial charge on any atom is -0.339 e. The largest absolute Gasteiger partial charge is 0.339 e. The molecule has 1 unspecified atom stereocenters. The van der Waals surface area contributed by atoms with Crippen molar-refractivity contribution in [2.45, 2.75) is 13.0 Å². The van der Waals surface area contributed by atoms with Gasteiger partial charge in [0, 0.05) is 36.9 Å². The molecule has 0 aliphatic carbocycles. The van der Waals surface area contributed by atoms with Crippen molar-refractivity contribution in [2.24, 2.45) is 5.73 Å². The molecule has 0 saturated carbocycles. The number of carbonyl (C=O) groups excluding carboxylic acids is 2. The van der Waals surface area contributed by atoms with Gasteiger partial charge in [0.1, 0.15) is 0 Å². The van der Waals surface area contributed by atoms with Crippen molar-refractivity contribution in [3.8, 4) is 0 Å². The molecule has 6 nitrogen and oxygen atoms in total. The summed E-state index contributed by atoms with van der Waals surface area (Å²) in [5.41, 5.74) is 6.32. The number of rotatable bonds is 4. The van der Waals surface area contributed by atoms with Crippen LogP contribution in [0.4, 0.5) is 5.69 Å². The first-order chi connectivity index (χ1) is 10.5. The van der Waals surface area contributed by atoms with Gasteiger partial charge in [0.2, 0.25) is 11.8 Å². The number of anilines is 1. The molecule has 1 aliphatic heterocycles. The Bertz CT molecular complexity index is 525. The van der Waals surface area contributed by atoms with E-state index in [0.29, 0.717) is 37.7 Å². The highest BCUT2D eigenvalue weighted by molar-refractivity contribution is 6.30. The molecule has 1 heterocycles. The number of nitrogens with one attached hydrogen (secondary N) is 1. The normalized spacial score (nSPS) is 17.1. The molecule has 7 heteroatoms. The molecule has 3 N–H and O–H groups in total. The lowest BCUT2D eigenvalue weighted by molar-refractivity contribution is -0.134. The van der Waals surface area contributed by atoms with E-state index in [-0.39, 0.29) is 11.8 Å². The molecule has 1 aliphatic rings. The lowest BCUT2D eigenvalue weighted by Crippen LogP contribution is -2.53. The predicted molar refractivity (Wildman–Crippen MR) is 86.8 cm³/mol. The van der Waals surface area contributed by atoms with E-state index in [1.807, 2.05) is 4.90 Å². The van der Waals surface area contributed by atoms with Gasteiger partial charge in [-0.25, -0.2) is 0 Å². The average molecular weight is 325 g/mol. The quantitative estimate of drug-likeness (QED) is 0.857. The summed E-state index contributed by atoms with van der Waals surface area (Å²) >= 11 is 5.80. The molecule has 22 heavy (non-hydrogen) atoms. The van der Waals surface area contributed by atoms with Gasteiger partial charge in [-0.1, -0.05) is 11.6 Å². The SMILES string of the molecule is CC(N)C(=O)N1CCN(CC(=O)Nc2ccc(Cl)cc2)CC1. The second kappa shape index (κ2) is 7.58. The van der Waals surface area contributed by atoms with E-state index in [4.69, 9.17) is 17.3 Å². The third-order valence-corrected chi connectivity index (χ3v) is 3.82. The van der Waals surface area contributed by atoms with Crippen LogP contribution in [0.3, 0.4) is 0 Å². The number of hydrogen-bond donors (Lipinski definition) is 2. The van der Waals surface area contributed by atoms with Crippen LogP contribution in [0.15, 0.2) is 24.3 Å². The number of nitrogens with two attached hydrogens (primary N) is 1. The molecule has 120 valence electrons. The van der Waals surface area contributed by atoms with Crippen molar-refractivity contribution < 1.29 is 9.59 Å². The number of benzene rings is 1. The molecule has 2 amide bonds. The number of hydrogen-bond acceptors (Lipinski definition) is 4. The summed E-state index contributed by atoms with van der Waals surface area (Å²) < 4.78 is 0. The third kappa shape index (κ3) is 4.69. The Kier molecular flexibility index (Phi) is 5.76. The van der Waals surface area contributed by atoms with Gasteiger partial charge in [0.15, 0.2) is 0 Å². The molecule has 1 aromatic rings. The van der Waals surface area contributed by atoms with E-state index in [1.165, 1.54) is 0 Å². The highest BCUT2D eigenvalue weighted by Crippen LogP contribution is 2.13. The van der Waals surface area contributed by atoms with E-state index in [1.54, 1.807) is 36.1 Å². The Morgan fingerprint density at radius 2 is 1.82 bits per heavy atom. The number of carbonyl (C=O) groups is 2. The first-order valence-electron chi connectivity index (χ1n) is 7.28. The van der Waals surface area contributed by atoms with Crippen molar-refractivity contribution in [3.63, 3.8) is 0 Å². The molecule has 0 aromatic heterocycles. The van der Waals surface area contributed by atoms with Crippen LogP contribution in [0.2, 0.25) is 5.02 Å². The number of halogens is 1. The van der Waals surface area contributed by atoms with E-state index in [0.717, 1.165) is 5.69 Å². The molecular weight excluding hydrogens is 304 g/mol. The molecule has 1 aromatic carbocycles. The van der Waals surface area contributed by atoms with E-state index in [2.05, 4.69) is 5.32 Å². The number of nitrogens with zero attached hydrogens (tertiary/aromatic N) is 2. The summed E-state index contributed by atoms with van der Waals surface area (Å²) in [5, 5.41) is 3.46. The maximum absolute atomic E-state index is 12.0. The van der Waals surface area contributed by atoms with Gasteiger partial charge in [-0.15, -0.1) is 0 Å². The fraction of sp³-hybridized carbons (Fsp3) is 0.467. The van der Waals surface area contributed by atoms with Crippen LogP contribution in [-0.4, -0.2) is 60.4 Å². The summed E-state index contributed by atoms with van der Waals surface area (Å²) in [5.74, 6) is -0.112. The lowest BCUT2D eigenvalue weighted by atomic mass is 10.2. The standard InChI is InChI=1S/C15H21ClN4O2/c1-11(17)15(22)20-8-6-19(7-9-20)10-14(21)18-13-4-2-12(16)3-5-13/h2-5,11H,6-10,17H2,1H3,(H,18,21). The Morgan fingerprint density at radius 1 is 1.23 bits per heavy atom. The Hall–Kier alpha value is -1.63. The van der Waals surface area contributed by atoms with Crippen LogP contribution < -0.4 is 11.1 Å². The van der Waals surface area contributed by atoms with Crippen molar-refractivity contribution in [1.82, 2.24) is 9.80 Å². The van der Waals surface area contributed by atoms with Gasteiger partial charge in [-0.3, -0.25) is 14.5 Å². The smallest absolute Gasteiger partial charge is 0.239 e. The van der Waals surface area contributed by atoms with Crippen LogP contribution in [0, 0.1) is 0 Å². The summed E-state index contributed by atoms with van der Waals surface area (Å²) in [4.78, 5) is 27.6. The summed E-state index contributed by atoms with van der Waals surface area (Å²) in [7, 11) is 0.